The van der Waals surface area contributed by atoms with Gasteiger partial charge in [-0.25, -0.2) is 0 Å². The van der Waals surface area contributed by atoms with Crippen LogP contribution in [0, 0.1) is 0 Å². The van der Waals surface area contributed by atoms with Crippen LogP contribution >= 0.6 is 0 Å². The van der Waals surface area contributed by atoms with E-state index in [0.717, 1.165) is 30.5 Å². The molecule has 0 aromatic heterocycles. The van der Waals surface area contributed by atoms with Crippen molar-refractivity contribution in [2.45, 2.75) is 75.1 Å². The van der Waals surface area contributed by atoms with Crippen molar-refractivity contribution in [1.82, 2.24) is 5.32 Å². The summed E-state index contributed by atoms with van der Waals surface area (Å²) in [7, 11) is 0. The van der Waals surface area contributed by atoms with Crippen LogP contribution in [0.25, 0.3) is 0 Å². The second kappa shape index (κ2) is 11.9. The van der Waals surface area contributed by atoms with Gasteiger partial charge in [-0.2, -0.15) is 13.2 Å². The second-order valence-electron chi connectivity index (χ2n) is 9.63. The molecule has 2 aliphatic rings. The summed E-state index contributed by atoms with van der Waals surface area (Å²) in [5.41, 5.74) is -1.39. The molecule has 7 nitrogen and oxygen atoms in total. The molecule has 4 rings (SSSR count). The van der Waals surface area contributed by atoms with Gasteiger partial charge in [0, 0.05) is 26.0 Å². The average Bonchev–Trinajstić information content (AvgIpc) is 3.41. The van der Waals surface area contributed by atoms with Crippen molar-refractivity contribution in [2.75, 3.05) is 13.2 Å². The standard InChI is InChI=1S/C27H32F3NO6/c28-27(29,30)20-9-4-8-19(12-20)17-37-26(25(34)31-15-21-10-5-11-35-21)13-22(32)24(33)23(14-26)36-16-18-6-2-1-3-7-18/h1-4,6-9,12,21-24,32-33H,5,10-11,13-17H2,(H,31,34)/t21?,22-,23?,24-,26+/m1/s1. The number of amides is 1. The molecular weight excluding hydrogens is 491 g/mol. The Morgan fingerprint density at radius 2 is 1.81 bits per heavy atom. The highest BCUT2D eigenvalue weighted by molar-refractivity contribution is 5.85. The van der Waals surface area contributed by atoms with Gasteiger partial charge in [0.15, 0.2) is 5.60 Å². The summed E-state index contributed by atoms with van der Waals surface area (Å²) in [6, 6.07) is 13.9. The Hall–Kier alpha value is -2.50. The van der Waals surface area contributed by atoms with Crippen LogP contribution in [0.3, 0.4) is 0 Å². The fourth-order valence-electron chi connectivity index (χ4n) is 4.77. The maximum absolute atomic E-state index is 13.5. The van der Waals surface area contributed by atoms with Crippen molar-refractivity contribution in [3.05, 3.63) is 71.3 Å². The van der Waals surface area contributed by atoms with Crippen molar-refractivity contribution in [2.24, 2.45) is 0 Å². The molecule has 1 heterocycles. The molecule has 10 heteroatoms. The number of alkyl halides is 3. The zero-order valence-corrected chi connectivity index (χ0v) is 20.3. The summed E-state index contributed by atoms with van der Waals surface area (Å²) < 4.78 is 57.1. The van der Waals surface area contributed by atoms with Gasteiger partial charge in [-0.05, 0) is 36.1 Å². The second-order valence-corrected chi connectivity index (χ2v) is 9.63. The summed E-state index contributed by atoms with van der Waals surface area (Å²) in [5, 5.41) is 24.1. The lowest BCUT2D eigenvalue weighted by Crippen LogP contribution is -2.61. The Morgan fingerprint density at radius 1 is 1.05 bits per heavy atom. The van der Waals surface area contributed by atoms with Crippen molar-refractivity contribution in [1.29, 1.82) is 0 Å². The maximum Gasteiger partial charge on any atom is 0.416 e. The molecule has 1 aliphatic heterocycles. The van der Waals surface area contributed by atoms with E-state index < -0.39 is 41.6 Å². The van der Waals surface area contributed by atoms with Gasteiger partial charge in [0.2, 0.25) is 0 Å². The fourth-order valence-corrected chi connectivity index (χ4v) is 4.77. The predicted octanol–water partition coefficient (Wildman–Crippen LogP) is 3.36. The first-order chi connectivity index (χ1) is 17.7. The normalized spacial score (nSPS) is 28.2. The molecule has 1 saturated heterocycles. The lowest BCUT2D eigenvalue weighted by Gasteiger charge is -2.44. The molecule has 1 amide bonds. The van der Waals surface area contributed by atoms with Gasteiger partial charge in [0.1, 0.15) is 6.10 Å². The van der Waals surface area contributed by atoms with Crippen molar-refractivity contribution < 1.29 is 42.4 Å². The summed E-state index contributed by atoms with van der Waals surface area (Å²) >= 11 is 0. The first-order valence-electron chi connectivity index (χ1n) is 12.4. The van der Waals surface area contributed by atoms with Gasteiger partial charge in [-0.15, -0.1) is 0 Å². The lowest BCUT2D eigenvalue weighted by molar-refractivity contribution is -0.200. The summed E-state index contributed by atoms with van der Waals surface area (Å²) in [6.07, 6.45) is -6.87. The Labute approximate surface area is 213 Å². The number of halogens is 3. The number of aliphatic hydroxyl groups is 2. The highest BCUT2D eigenvalue weighted by atomic mass is 19.4. The third-order valence-corrected chi connectivity index (χ3v) is 6.85. The van der Waals surface area contributed by atoms with E-state index in [0.29, 0.717) is 6.61 Å². The van der Waals surface area contributed by atoms with Crippen LogP contribution in [0.2, 0.25) is 0 Å². The summed E-state index contributed by atoms with van der Waals surface area (Å²) in [4.78, 5) is 13.5. The third kappa shape index (κ3) is 7.08. The van der Waals surface area contributed by atoms with E-state index in [1.165, 1.54) is 12.1 Å². The van der Waals surface area contributed by atoms with E-state index >= 15 is 0 Å². The van der Waals surface area contributed by atoms with Gasteiger partial charge >= 0.3 is 6.18 Å². The van der Waals surface area contributed by atoms with Crippen LogP contribution in [0.1, 0.15) is 42.4 Å². The van der Waals surface area contributed by atoms with Crippen LogP contribution < -0.4 is 5.32 Å². The molecule has 0 spiro atoms. The molecule has 3 N–H and O–H groups in total. The number of hydrogen-bond donors (Lipinski definition) is 3. The minimum Gasteiger partial charge on any atom is -0.390 e. The molecule has 0 bridgehead atoms. The maximum atomic E-state index is 13.5. The number of carbonyl (C=O) groups is 1. The van der Waals surface area contributed by atoms with Crippen molar-refractivity contribution >= 4 is 5.91 Å². The first-order valence-corrected chi connectivity index (χ1v) is 12.4. The van der Waals surface area contributed by atoms with Crippen molar-refractivity contribution in [3.63, 3.8) is 0 Å². The quantitative estimate of drug-likeness (QED) is 0.467. The zero-order valence-electron chi connectivity index (χ0n) is 20.3. The van der Waals surface area contributed by atoms with Gasteiger partial charge in [0.05, 0.1) is 37.1 Å². The molecule has 2 aromatic rings. The van der Waals surface area contributed by atoms with E-state index in [-0.39, 0.29) is 44.3 Å². The Balaban J connectivity index is 1.53. The number of benzene rings is 2. The van der Waals surface area contributed by atoms with Gasteiger partial charge in [-0.1, -0.05) is 42.5 Å². The number of ether oxygens (including phenoxy) is 3. The number of rotatable bonds is 9. The van der Waals surface area contributed by atoms with E-state index in [1.807, 2.05) is 30.3 Å². The lowest BCUT2D eigenvalue weighted by atomic mass is 9.78. The minimum atomic E-state index is -4.52. The predicted molar refractivity (Wildman–Crippen MR) is 127 cm³/mol. The molecule has 1 aliphatic carbocycles. The molecule has 37 heavy (non-hydrogen) atoms. The zero-order chi connectivity index (χ0) is 26.5. The Morgan fingerprint density at radius 3 is 2.51 bits per heavy atom. The van der Waals surface area contributed by atoms with Crippen molar-refractivity contribution in [3.8, 4) is 0 Å². The first kappa shape index (κ1) is 27.5. The van der Waals surface area contributed by atoms with Crippen LogP contribution in [-0.4, -0.2) is 59.3 Å². The number of hydrogen-bond acceptors (Lipinski definition) is 6. The Bertz CT molecular complexity index is 1030. The van der Waals surface area contributed by atoms with E-state index in [1.54, 1.807) is 0 Å². The van der Waals surface area contributed by atoms with Crippen LogP contribution in [-0.2, 0) is 38.4 Å². The van der Waals surface area contributed by atoms with E-state index in [9.17, 15) is 28.2 Å². The average molecular weight is 524 g/mol. The Kier molecular flexibility index (Phi) is 8.86. The van der Waals surface area contributed by atoms with Gasteiger partial charge in [0.25, 0.3) is 5.91 Å². The number of nitrogens with one attached hydrogen (secondary N) is 1. The monoisotopic (exact) mass is 523 g/mol. The molecule has 1 saturated carbocycles. The molecule has 0 radical (unpaired) electrons. The largest absolute Gasteiger partial charge is 0.416 e. The highest BCUT2D eigenvalue weighted by Crippen LogP contribution is 2.36. The topological polar surface area (TPSA) is 97.3 Å². The smallest absolute Gasteiger partial charge is 0.390 e. The van der Waals surface area contributed by atoms with E-state index in [2.05, 4.69) is 5.32 Å². The van der Waals surface area contributed by atoms with Crippen LogP contribution in [0.4, 0.5) is 13.2 Å². The summed E-state index contributed by atoms with van der Waals surface area (Å²) in [5.74, 6) is -0.533. The number of carbonyl (C=O) groups excluding carboxylic acids is 1. The molecule has 2 fully saturated rings. The van der Waals surface area contributed by atoms with Crippen LogP contribution in [0.15, 0.2) is 54.6 Å². The SMILES string of the molecule is O=C(NCC1CCCO1)[C@@]1(OCc2cccc(C(F)(F)F)c2)CC(OCc2ccccc2)[C@H](O)[C@H](O)C1. The van der Waals surface area contributed by atoms with Crippen LogP contribution in [0.5, 0.6) is 0 Å². The molecule has 2 aromatic carbocycles. The van der Waals surface area contributed by atoms with Gasteiger partial charge in [-0.3, -0.25) is 4.79 Å². The third-order valence-electron chi connectivity index (χ3n) is 6.85. The van der Waals surface area contributed by atoms with Gasteiger partial charge < -0.3 is 29.7 Å². The molecule has 202 valence electrons. The summed E-state index contributed by atoms with van der Waals surface area (Å²) in [6.45, 7) is 0.682. The number of aliphatic hydroxyl groups excluding tert-OH is 2. The molecule has 2 unspecified atom stereocenters. The minimum absolute atomic E-state index is 0.0889. The highest BCUT2D eigenvalue weighted by Gasteiger charge is 2.51. The molecular formula is C27H32F3NO6. The van der Waals surface area contributed by atoms with E-state index in [4.69, 9.17) is 14.2 Å². The fraction of sp³-hybridized carbons (Fsp3) is 0.519. The molecule has 5 atom stereocenters.